The monoisotopic (exact) mass is 337 g/mol. The van der Waals surface area contributed by atoms with Gasteiger partial charge in [-0.15, -0.1) is 0 Å². The standard InChI is InChI=1S/C19H35N3O2/c1-15-12-16(15)20-13-19(6-7-19)14-21-8-5-9-22(11-10-21)17(23)24-18(2,3)4/h15-16,20H,5-14H2,1-4H3/t15-,16-/m1/s1. The number of hydrogen-bond acceptors (Lipinski definition) is 4. The van der Waals surface area contributed by atoms with Crippen molar-refractivity contribution in [2.45, 2.75) is 65.0 Å². The number of nitrogens with zero attached hydrogens (tertiary/aromatic N) is 2. The van der Waals surface area contributed by atoms with Gasteiger partial charge in [0.25, 0.3) is 0 Å². The minimum absolute atomic E-state index is 0.158. The second-order valence-electron chi connectivity index (χ2n) is 9.30. The van der Waals surface area contributed by atoms with Crippen LogP contribution in [0.15, 0.2) is 0 Å². The van der Waals surface area contributed by atoms with Gasteiger partial charge in [-0.05, 0) is 64.3 Å². The summed E-state index contributed by atoms with van der Waals surface area (Å²) in [5.74, 6) is 0.876. The molecular formula is C19H35N3O2. The van der Waals surface area contributed by atoms with E-state index in [0.29, 0.717) is 5.41 Å². The van der Waals surface area contributed by atoms with Crippen LogP contribution in [0.4, 0.5) is 4.79 Å². The molecule has 0 bridgehead atoms. The van der Waals surface area contributed by atoms with Crippen molar-refractivity contribution in [2.24, 2.45) is 11.3 Å². The zero-order valence-corrected chi connectivity index (χ0v) is 15.9. The lowest BCUT2D eigenvalue weighted by atomic mass is 10.1. The predicted molar refractivity (Wildman–Crippen MR) is 96.1 cm³/mol. The fourth-order valence-corrected chi connectivity index (χ4v) is 3.63. The molecule has 0 aromatic heterocycles. The highest BCUT2D eigenvalue weighted by atomic mass is 16.6. The molecule has 2 saturated carbocycles. The third-order valence-electron chi connectivity index (χ3n) is 5.61. The highest BCUT2D eigenvalue weighted by Gasteiger charge is 2.45. The van der Waals surface area contributed by atoms with Crippen LogP contribution in [0.3, 0.4) is 0 Å². The lowest BCUT2D eigenvalue weighted by molar-refractivity contribution is 0.0257. The molecule has 0 aromatic rings. The number of hydrogen-bond donors (Lipinski definition) is 1. The van der Waals surface area contributed by atoms with E-state index in [-0.39, 0.29) is 6.09 Å². The first-order chi connectivity index (χ1) is 11.3. The molecule has 5 heteroatoms. The highest BCUT2D eigenvalue weighted by molar-refractivity contribution is 5.68. The molecule has 3 fully saturated rings. The second kappa shape index (κ2) is 6.83. The Labute approximate surface area is 147 Å². The van der Waals surface area contributed by atoms with E-state index in [9.17, 15) is 4.79 Å². The lowest BCUT2D eigenvalue weighted by Gasteiger charge is -2.28. The number of rotatable bonds is 5. The first-order valence-corrected chi connectivity index (χ1v) is 9.70. The van der Waals surface area contributed by atoms with Gasteiger partial charge < -0.3 is 19.9 Å². The molecule has 24 heavy (non-hydrogen) atoms. The van der Waals surface area contributed by atoms with Crippen LogP contribution in [0.1, 0.15) is 53.4 Å². The smallest absolute Gasteiger partial charge is 0.410 e. The van der Waals surface area contributed by atoms with Gasteiger partial charge >= 0.3 is 6.09 Å². The van der Waals surface area contributed by atoms with Crippen LogP contribution in [-0.4, -0.2) is 66.8 Å². The fraction of sp³-hybridized carbons (Fsp3) is 0.947. The Morgan fingerprint density at radius 3 is 2.50 bits per heavy atom. The summed E-state index contributed by atoms with van der Waals surface area (Å²) < 4.78 is 5.52. The number of carbonyl (C=O) groups excluding carboxylic acids is 1. The van der Waals surface area contributed by atoms with Crippen LogP contribution in [0.5, 0.6) is 0 Å². The first-order valence-electron chi connectivity index (χ1n) is 9.70. The Balaban J connectivity index is 1.43. The summed E-state index contributed by atoms with van der Waals surface area (Å²) in [4.78, 5) is 16.7. The molecule has 0 unspecified atom stereocenters. The maximum absolute atomic E-state index is 12.3. The molecule has 1 saturated heterocycles. The Hall–Kier alpha value is -0.810. The minimum Gasteiger partial charge on any atom is -0.444 e. The molecule has 1 heterocycles. The summed E-state index contributed by atoms with van der Waals surface area (Å²) in [6.45, 7) is 14.2. The fourth-order valence-electron chi connectivity index (χ4n) is 3.63. The van der Waals surface area contributed by atoms with E-state index in [2.05, 4.69) is 17.1 Å². The summed E-state index contributed by atoms with van der Waals surface area (Å²) >= 11 is 0. The van der Waals surface area contributed by atoms with Crippen molar-refractivity contribution in [3.05, 3.63) is 0 Å². The molecule has 3 rings (SSSR count). The van der Waals surface area contributed by atoms with Crippen molar-refractivity contribution in [2.75, 3.05) is 39.3 Å². The number of nitrogens with one attached hydrogen (secondary N) is 1. The van der Waals surface area contributed by atoms with Gasteiger partial charge in [-0.3, -0.25) is 0 Å². The van der Waals surface area contributed by atoms with Crippen molar-refractivity contribution in [3.63, 3.8) is 0 Å². The maximum atomic E-state index is 12.3. The topological polar surface area (TPSA) is 44.8 Å². The SMILES string of the molecule is C[C@@H]1C[C@H]1NCC1(CN2CCCN(C(=O)OC(C)(C)C)CC2)CC1. The van der Waals surface area contributed by atoms with E-state index in [1.807, 2.05) is 25.7 Å². The molecule has 0 aromatic carbocycles. The summed E-state index contributed by atoms with van der Waals surface area (Å²) in [5, 5.41) is 3.76. The third-order valence-corrected chi connectivity index (χ3v) is 5.61. The Morgan fingerprint density at radius 1 is 1.21 bits per heavy atom. The minimum atomic E-state index is -0.410. The molecule has 138 valence electrons. The van der Waals surface area contributed by atoms with Crippen LogP contribution >= 0.6 is 0 Å². The molecule has 0 spiro atoms. The van der Waals surface area contributed by atoms with Gasteiger partial charge in [-0.1, -0.05) is 6.92 Å². The zero-order chi connectivity index (χ0) is 17.4. The average Bonchev–Trinajstić information content (AvgIpc) is 3.35. The summed E-state index contributed by atoms with van der Waals surface area (Å²) in [5.41, 5.74) is 0.0934. The van der Waals surface area contributed by atoms with E-state index in [1.165, 1.54) is 32.4 Å². The number of amides is 1. The van der Waals surface area contributed by atoms with Crippen LogP contribution in [0.2, 0.25) is 0 Å². The molecule has 2 atom stereocenters. The maximum Gasteiger partial charge on any atom is 0.410 e. The largest absolute Gasteiger partial charge is 0.444 e. The van der Waals surface area contributed by atoms with Gasteiger partial charge in [0.1, 0.15) is 5.60 Å². The quantitative estimate of drug-likeness (QED) is 0.838. The summed E-state index contributed by atoms with van der Waals surface area (Å²) in [6, 6.07) is 0.772. The molecule has 1 aliphatic heterocycles. The highest BCUT2D eigenvalue weighted by Crippen LogP contribution is 2.46. The molecule has 1 amide bonds. The van der Waals surface area contributed by atoms with Crippen LogP contribution < -0.4 is 5.32 Å². The van der Waals surface area contributed by atoms with Crippen molar-refractivity contribution < 1.29 is 9.53 Å². The van der Waals surface area contributed by atoms with E-state index in [4.69, 9.17) is 4.74 Å². The van der Waals surface area contributed by atoms with Gasteiger partial charge in [0, 0.05) is 38.8 Å². The van der Waals surface area contributed by atoms with Gasteiger partial charge in [0.2, 0.25) is 0 Å². The van der Waals surface area contributed by atoms with Crippen molar-refractivity contribution in [3.8, 4) is 0 Å². The number of ether oxygens (including phenoxy) is 1. The van der Waals surface area contributed by atoms with Crippen molar-refractivity contribution in [1.82, 2.24) is 15.1 Å². The van der Waals surface area contributed by atoms with Crippen LogP contribution in [0, 0.1) is 11.3 Å². The average molecular weight is 338 g/mol. The second-order valence-corrected chi connectivity index (χ2v) is 9.30. The molecule has 0 radical (unpaired) electrons. The van der Waals surface area contributed by atoms with Crippen LogP contribution in [0.25, 0.3) is 0 Å². The first kappa shape index (κ1) is 18.0. The Morgan fingerprint density at radius 2 is 1.92 bits per heavy atom. The molecule has 2 aliphatic carbocycles. The van der Waals surface area contributed by atoms with Gasteiger partial charge in [-0.2, -0.15) is 0 Å². The van der Waals surface area contributed by atoms with Crippen LogP contribution in [-0.2, 0) is 4.74 Å². The van der Waals surface area contributed by atoms with E-state index >= 15 is 0 Å². The normalized spacial score (nSPS) is 29.9. The van der Waals surface area contributed by atoms with Crippen molar-refractivity contribution >= 4 is 6.09 Å². The van der Waals surface area contributed by atoms with Gasteiger partial charge in [-0.25, -0.2) is 4.79 Å². The third kappa shape index (κ3) is 5.09. The Bertz CT molecular complexity index is 456. The molecular weight excluding hydrogens is 302 g/mol. The van der Waals surface area contributed by atoms with Gasteiger partial charge in [0.15, 0.2) is 0 Å². The predicted octanol–water partition coefficient (Wildman–Crippen LogP) is 2.71. The lowest BCUT2D eigenvalue weighted by Crippen LogP contribution is -2.41. The summed E-state index contributed by atoms with van der Waals surface area (Å²) in [6.07, 6.45) is 4.95. The number of carbonyl (C=O) groups is 1. The van der Waals surface area contributed by atoms with Gasteiger partial charge in [0.05, 0.1) is 0 Å². The Kier molecular flexibility index (Phi) is 5.12. The van der Waals surface area contributed by atoms with E-state index in [0.717, 1.165) is 44.6 Å². The molecule has 5 nitrogen and oxygen atoms in total. The van der Waals surface area contributed by atoms with E-state index in [1.54, 1.807) is 0 Å². The molecule has 3 aliphatic rings. The zero-order valence-electron chi connectivity index (χ0n) is 15.9. The summed E-state index contributed by atoms with van der Waals surface area (Å²) in [7, 11) is 0. The van der Waals surface area contributed by atoms with E-state index < -0.39 is 5.60 Å². The molecule has 1 N–H and O–H groups in total. The van der Waals surface area contributed by atoms with Crippen molar-refractivity contribution in [1.29, 1.82) is 0 Å².